The molecule has 1 amide bonds. The van der Waals surface area contributed by atoms with Gasteiger partial charge in [0.15, 0.2) is 0 Å². The van der Waals surface area contributed by atoms with Gasteiger partial charge in [-0.05, 0) is 30.3 Å². The number of amides is 1. The lowest BCUT2D eigenvalue weighted by Gasteiger charge is -2.09. The number of rotatable bonds is 6. The molecule has 0 unspecified atom stereocenters. The van der Waals surface area contributed by atoms with Crippen molar-refractivity contribution in [1.29, 1.82) is 5.26 Å². The first kappa shape index (κ1) is 16.5. The second-order valence-corrected chi connectivity index (χ2v) is 4.86. The molecule has 0 atom stereocenters. The first-order valence-corrected chi connectivity index (χ1v) is 7.02. The summed E-state index contributed by atoms with van der Waals surface area (Å²) in [5, 5.41) is 15.1. The molecule has 0 radical (unpaired) electrons. The molecule has 0 aliphatic rings. The van der Waals surface area contributed by atoms with Gasteiger partial charge < -0.3 is 19.8 Å². The van der Waals surface area contributed by atoms with Gasteiger partial charge in [0.05, 0.1) is 25.6 Å². The maximum Gasteiger partial charge on any atom is 0.263 e. The Kier molecular flexibility index (Phi) is 5.67. The summed E-state index contributed by atoms with van der Waals surface area (Å²) in [6.45, 7) is 0.200. The molecule has 118 valence electrons. The molecule has 0 fully saturated rings. The molecule has 0 aliphatic carbocycles. The zero-order valence-corrected chi connectivity index (χ0v) is 13.1. The van der Waals surface area contributed by atoms with Gasteiger partial charge in [-0.1, -0.05) is 11.6 Å². The number of benzene rings is 1. The topological polar surface area (TPSA) is 87.3 Å². The molecule has 2 N–H and O–H groups in total. The number of nitrogens with one attached hydrogen (secondary N) is 2. The van der Waals surface area contributed by atoms with E-state index in [9.17, 15) is 4.79 Å². The summed E-state index contributed by atoms with van der Waals surface area (Å²) in [7, 11) is 1.51. The molecule has 1 aromatic carbocycles. The lowest BCUT2D eigenvalue weighted by atomic mass is 10.2. The van der Waals surface area contributed by atoms with Crippen molar-refractivity contribution in [3.63, 3.8) is 0 Å². The van der Waals surface area contributed by atoms with E-state index in [2.05, 4.69) is 10.6 Å². The first-order chi connectivity index (χ1) is 11.1. The van der Waals surface area contributed by atoms with E-state index in [0.717, 1.165) is 0 Å². The van der Waals surface area contributed by atoms with Gasteiger partial charge in [0.2, 0.25) is 0 Å². The summed E-state index contributed by atoms with van der Waals surface area (Å²) in [6.07, 6.45) is 2.81. The van der Waals surface area contributed by atoms with Crippen LogP contribution in [0.15, 0.2) is 52.8 Å². The molecule has 0 saturated heterocycles. The molecule has 23 heavy (non-hydrogen) atoms. The van der Waals surface area contributed by atoms with E-state index in [4.69, 9.17) is 26.0 Å². The third kappa shape index (κ3) is 4.53. The Balaban J connectivity index is 2.05. The van der Waals surface area contributed by atoms with Gasteiger partial charge in [-0.3, -0.25) is 4.79 Å². The van der Waals surface area contributed by atoms with Gasteiger partial charge in [0.25, 0.3) is 5.91 Å². The van der Waals surface area contributed by atoms with Crippen LogP contribution in [-0.4, -0.2) is 13.0 Å². The lowest BCUT2D eigenvalue weighted by Crippen LogP contribution is -2.24. The number of nitrogens with zero attached hydrogens (tertiary/aromatic N) is 1. The molecule has 1 aromatic heterocycles. The molecule has 0 saturated carbocycles. The van der Waals surface area contributed by atoms with Crippen LogP contribution in [0.3, 0.4) is 0 Å². The summed E-state index contributed by atoms with van der Waals surface area (Å²) < 4.78 is 10.3. The Morgan fingerprint density at radius 2 is 2.30 bits per heavy atom. The quantitative estimate of drug-likeness (QED) is 0.627. The van der Waals surface area contributed by atoms with Crippen molar-refractivity contribution in [3.05, 3.63) is 59.2 Å². The fraction of sp³-hybridized carbons (Fsp3) is 0.125. The molecule has 0 bridgehead atoms. The van der Waals surface area contributed by atoms with Crippen molar-refractivity contribution < 1.29 is 13.9 Å². The van der Waals surface area contributed by atoms with Gasteiger partial charge in [-0.25, -0.2) is 0 Å². The van der Waals surface area contributed by atoms with Crippen LogP contribution in [-0.2, 0) is 11.3 Å². The van der Waals surface area contributed by atoms with Crippen LogP contribution in [0.4, 0.5) is 5.69 Å². The Morgan fingerprint density at radius 1 is 1.48 bits per heavy atom. The molecule has 0 spiro atoms. The van der Waals surface area contributed by atoms with Crippen LogP contribution >= 0.6 is 11.6 Å². The second-order valence-electron chi connectivity index (χ2n) is 4.42. The average Bonchev–Trinajstić information content (AvgIpc) is 3.07. The van der Waals surface area contributed by atoms with E-state index in [0.29, 0.717) is 22.2 Å². The van der Waals surface area contributed by atoms with Crippen molar-refractivity contribution in [3.8, 4) is 11.8 Å². The third-order valence-corrected chi connectivity index (χ3v) is 3.14. The van der Waals surface area contributed by atoms with E-state index in [-0.39, 0.29) is 12.1 Å². The maximum atomic E-state index is 12.0. The van der Waals surface area contributed by atoms with Crippen LogP contribution < -0.4 is 15.4 Å². The number of carbonyl (C=O) groups excluding carboxylic acids is 1. The molecular formula is C16H14ClN3O3. The number of methoxy groups -OCH3 is 1. The zero-order valence-electron chi connectivity index (χ0n) is 12.3. The molecule has 2 rings (SSSR count). The van der Waals surface area contributed by atoms with Gasteiger partial charge in [0, 0.05) is 11.2 Å². The van der Waals surface area contributed by atoms with Crippen molar-refractivity contribution >= 4 is 23.2 Å². The van der Waals surface area contributed by atoms with Crippen molar-refractivity contribution in [2.24, 2.45) is 0 Å². The lowest BCUT2D eigenvalue weighted by molar-refractivity contribution is -0.117. The van der Waals surface area contributed by atoms with E-state index >= 15 is 0 Å². The largest absolute Gasteiger partial charge is 0.495 e. The van der Waals surface area contributed by atoms with Crippen LogP contribution in [0.2, 0.25) is 5.02 Å². The highest BCUT2D eigenvalue weighted by molar-refractivity contribution is 6.30. The minimum atomic E-state index is -0.516. The minimum absolute atomic E-state index is 0.0846. The van der Waals surface area contributed by atoms with Crippen LogP contribution in [0.25, 0.3) is 0 Å². The highest BCUT2D eigenvalue weighted by Crippen LogP contribution is 2.27. The van der Waals surface area contributed by atoms with E-state index in [1.165, 1.54) is 19.6 Å². The Morgan fingerprint density at radius 3 is 2.96 bits per heavy atom. The number of ether oxygens (including phenoxy) is 1. The monoisotopic (exact) mass is 331 g/mol. The molecule has 0 aliphatic heterocycles. The normalized spacial score (nSPS) is 10.7. The summed E-state index contributed by atoms with van der Waals surface area (Å²) in [4.78, 5) is 12.0. The van der Waals surface area contributed by atoms with E-state index in [1.54, 1.807) is 30.3 Å². The van der Waals surface area contributed by atoms with Crippen molar-refractivity contribution in [2.75, 3.05) is 12.4 Å². The van der Waals surface area contributed by atoms with Crippen LogP contribution in [0.5, 0.6) is 5.75 Å². The summed E-state index contributed by atoms with van der Waals surface area (Å²) in [6, 6.07) is 10.3. The highest BCUT2D eigenvalue weighted by atomic mass is 35.5. The highest BCUT2D eigenvalue weighted by Gasteiger charge is 2.10. The number of anilines is 1. The van der Waals surface area contributed by atoms with Gasteiger partial charge >= 0.3 is 0 Å². The van der Waals surface area contributed by atoms with Crippen LogP contribution in [0.1, 0.15) is 5.76 Å². The Bertz CT molecular complexity index is 748. The minimum Gasteiger partial charge on any atom is -0.495 e. The molecular weight excluding hydrogens is 318 g/mol. The number of hydrogen-bond acceptors (Lipinski definition) is 5. The molecule has 2 aromatic rings. The smallest absolute Gasteiger partial charge is 0.263 e. The Hall–Kier alpha value is -2.91. The predicted molar refractivity (Wildman–Crippen MR) is 85.9 cm³/mol. The fourth-order valence-electron chi connectivity index (χ4n) is 1.77. The summed E-state index contributed by atoms with van der Waals surface area (Å²) >= 11 is 5.92. The van der Waals surface area contributed by atoms with Gasteiger partial charge in [0.1, 0.15) is 23.2 Å². The zero-order chi connectivity index (χ0) is 16.7. The van der Waals surface area contributed by atoms with Crippen molar-refractivity contribution in [2.45, 2.75) is 6.54 Å². The standard InChI is InChI=1S/C16H14ClN3O3/c1-22-15-5-4-12(17)7-14(15)19-9-11(8-18)16(21)20-10-13-3-2-6-23-13/h2-7,9,19H,10H2,1H3,(H,20,21)/b11-9-. The third-order valence-electron chi connectivity index (χ3n) is 2.90. The van der Waals surface area contributed by atoms with Gasteiger partial charge in [-0.15, -0.1) is 0 Å². The Labute approximate surface area is 138 Å². The summed E-state index contributed by atoms with van der Waals surface area (Å²) in [5.74, 6) is 0.622. The molecule has 6 nitrogen and oxygen atoms in total. The maximum absolute atomic E-state index is 12.0. The van der Waals surface area contributed by atoms with E-state index in [1.807, 2.05) is 6.07 Å². The van der Waals surface area contributed by atoms with Gasteiger partial charge in [-0.2, -0.15) is 5.26 Å². The SMILES string of the molecule is COc1ccc(Cl)cc1N/C=C(/C#N)C(=O)NCc1ccco1. The number of carbonyl (C=O) groups is 1. The fourth-order valence-corrected chi connectivity index (χ4v) is 1.94. The number of halogens is 1. The molecule has 1 heterocycles. The van der Waals surface area contributed by atoms with Crippen LogP contribution in [0, 0.1) is 11.3 Å². The summed E-state index contributed by atoms with van der Waals surface area (Å²) in [5.41, 5.74) is 0.463. The van der Waals surface area contributed by atoms with Crippen molar-refractivity contribution in [1.82, 2.24) is 5.32 Å². The first-order valence-electron chi connectivity index (χ1n) is 6.65. The van der Waals surface area contributed by atoms with E-state index < -0.39 is 5.91 Å². The number of hydrogen-bond donors (Lipinski definition) is 2. The number of nitriles is 1. The predicted octanol–water partition coefficient (Wildman–Crippen LogP) is 3.08. The average molecular weight is 332 g/mol. The second kappa shape index (κ2) is 7.92. The number of furan rings is 1. The molecule has 7 heteroatoms.